The van der Waals surface area contributed by atoms with E-state index in [0.29, 0.717) is 6.54 Å². The first-order valence-electron chi connectivity index (χ1n) is 6.19. The van der Waals surface area contributed by atoms with Crippen molar-refractivity contribution in [3.8, 4) is 0 Å². The Bertz CT molecular complexity index is 732. The summed E-state index contributed by atoms with van der Waals surface area (Å²) in [6, 6.07) is 5.73. The fraction of sp³-hybridized carbons (Fsp3) is 0.231. The molecule has 2 aromatic rings. The third-order valence-electron chi connectivity index (χ3n) is 2.67. The second kappa shape index (κ2) is 6.74. The first-order chi connectivity index (χ1) is 9.94. The van der Waals surface area contributed by atoms with Crippen LogP contribution in [0.5, 0.6) is 0 Å². The Hall–Kier alpha value is -1.15. The zero-order chi connectivity index (χ0) is 15.5. The smallest absolute Gasteiger partial charge is 0.271 e. The molecule has 21 heavy (non-hydrogen) atoms. The lowest BCUT2D eigenvalue weighted by Gasteiger charge is -2.07. The van der Waals surface area contributed by atoms with E-state index in [1.165, 1.54) is 18.2 Å². The standard InChI is InChI=1S/C13H14ClFN2O2S2/c1-2-16-7-9-6-12(20-8-9)21(18,19)17-11-5-3-4-10(14)13(11)15/h3-6,8,16-17H,2,7H2,1H3. The molecule has 1 aromatic carbocycles. The maximum absolute atomic E-state index is 13.8. The maximum Gasteiger partial charge on any atom is 0.271 e. The van der Waals surface area contributed by atoms with Gasteiger partial charge in [-0.1, -0.05) is 24.6 Å². The molecule has 4 nitrogen and oxygen atoms in total. The van der Waals surface area contributed by atoms with E-state index in [0.717, 1.165) is 23.4 Å². The van der Waals surface area contributed by atoms with Gasteiger partial charge in [-0.05, 0) is 35.7 Å². The minimum absolute atomic E-state index is 0.130. The van der Waals surface area contributed by atoms with Crippen molar-refractivity contribution in [2.45, 2.75) is 17.7 Å². The molecule has 0 unspecified atom stereocenters. The number of hydrogen-bond donors (Lipinski definition) is 2. The highest BCUT2D eigenvalue weighted by Gasteiger charge is 2.19. The zero-order valence-electron chi connectivity index (χ0n) is 11.2. The Morgan fingerprint density at radius 1 is 1.38 bits per heavy atom. The van der Waals surface area contributed by atoms with Crippen molar-refractivity contribution >= 4 is 38.6 Å². The van der Waals surface area contributed by atoms with Gasteiger partial charge in [0.2, 0.25) is 0 Å². The summed E-state index contributed by atoms with van der Waals surface area (Å²) in [5.74, 6) is -0.785. The van der Waals surface area contributed by atoms with Gasteiger partial charge in [0.05, 0.1) is 10.7 Å². The minimum atomic E-state index is -3.81. The molecule has 0 fully saturated rings. The van der Waals surface area contributed by atoms with Gasteiger partial charge in [0, 0.05) is 6.54 Å². The fourth-order valence-corrected chi connectivity index (χ4v) is 4.08. The summed E-state index contributed by atoms with van der Waals surface area (Å²) in [5, 5.41) is 4.73. The summed E-state index contributed by atoms with van der Waals surface area (Å²) in [4.78, 5) is 0. The highest BCUT2D eigenvalue weighted by atomic mass is 35.5. The molecule has 0 amide bonds. The van der Waals surface area contributed by atoms with Crippen LogP contribution < -0.4 is 10.0 Å². The third kappa shape index (κ3) is 3.94. The minimum Gasteiger partial charge on any atom is -0.313 e. The number of halogens is 2. The summed E-state index contributed by atoms with van der Waals surface area (Å²) >= 11 is 6.72. The van der Waals surface area contributed by atoms with Gasteiger partial charge in [-0.15, -0.1) is 11.3 Å². The van der Waals surface area contributed by atoms with Gasteiger partial charge >= 0.3 is 0 Å². The zero-order valence-corrected chi connectivity index (χ0v) is 13.6. The monoisotopic (exact) mass is 348 g/mol. The molecular formula is C13H14ClFN2O2S2. The van der Waals surface area contributed by atoms with Crippen LogP contribution in [0.4, 0.5) is 10.1 Å². The van der Waals surface area contributed by atoms with E-state index in [4.69, 9.17) is 11.6 Å². The molecule has 114 valence electrons. The average Bonchev–Trinajstić information content (AvgIpc) is 2.91. The molecule has 0 aliphatic carbocycles. The first kappa shape index (κ1) is 16.2. The number of rotatable bonds is 6. The van der Waals surface area contributed by atoms with E-state index in [1.54, 1.807) is 11.4 Å². The van der Waals surface area contributed by atoms with Crippen molar-refractivity contribution in [3.05, 3.63) is 46.0 Å². The SMILES string of the molecule is CCNCc1csc(S(=O)(=O)Nc2cccc(Cl)c2F)c1. The summed E-state index contributed by atoms with van der Waals surface area (Å²) in [5.41, 5.74) is 0.706. The predicted octanol–water partition coefficient (Wildman–Crippen LogP) is 3.45. The molecular weight excluding hydrogens is 335 g/mol. The number of anilines is 1. The number of benzene rings is 1. The van der Waals surface area contributed by atoms with Gasteiger partial charge in [-0.3, -0.25) is 4.72 Å². The molecule has 0 saturated carbocycles. The lowest BCUT2D eigenvalue weighted by Crippen LogP contribution is -2.13. The number of hydrogen-bond acceptors (Lipinski definition) is 4. The molecule has 1 heterocycles. The molecule has 8 heteroatoms. The van der Waals surface area contributed by atoms with Gasteiger partial charge in [0.25, 0.3) is 10.0 Å². The first-order valence-corrected chi connectivity index (χ1v) is 8.93. The van der Waals surface area contributed by atoms with Gasteiger partial charge in [0.15, 0.2) is 5.82 Å². The van der Waals surface area contributed by atoms with Crippen LogP contribution in [0.25, 0.3) is 0 Å². The van der Waals surface area contributed by atoms with Gasteiger partial charge in [-0.2, -0.15) is 0 Å². The van der Waals surface area contributed by atoms with E-state index in [1.807, 2.05) is 6.92 Å². The molecule has 0 aliphatic rings. The lowest BCUT2D eigenvalue weighted by atomic mass is 10.3. The van der Waals surface area contributed by atoms with Crippen molar-refractivity contribution in [2.24, 2.45) is 0 Å². The van der Waals surface area contributed by atoms with Crippen LogP contribution in [0.1, 0.15) is 12.5 Å². The van der Waals surface area contributed by atoms with E-state index < -0.39 is 15.8 Å². The van der Waals surface area contributed by atoms with E-state index >= 15 is 0 Å². The topological polar surface area (TPSA) is 58.2 Å². The summed E-state index contributed by atoms with van der Waals surface area (Å²) < 4.78 is 40.5. The third-order valence-corrected chi connectivity index (χ3v) is 5.82. The van der Waals surface area contributed by atoms with Crippen molar-refractivity contribution in [3.63, 3.8) is 0 Å². The van der Waals surface area contributed by atoms with Crippen LogP contribution in [-0.4, -0.2) is 15.0 Å². The Morgan fingerprint density at radius 3 is 2.86 bits per heavy atom. The lowest BCUT2D eigenvalue weighted by molar-refractivity contribution is 0.600. The summed E-state index contributed by atoms with van der Waals surface area (Å²) in [7, 11) is -3.81. The average molecular weight is 349 g/mol. The van der Waals surface area contributed by atoms with E-state index in [2.05, 4.69) is 10.0 Å². The van der Waals surface area contributed by atoms with Crippen molar-refractivity contribution in [1.82, 2.24) is 5.32 Å². The van der Waals surface area contributed by atoms with E-state index in [-0.39, 0.29) is 14.9 Å². The molecule has 0 aliphatic heterocycles. The summed E-state index contributed by atoms with van der Waals surface area (Å²) in [6.45, 7) is 3.35. The Kier molecular flexibility index (Phi) is 5.21. The molecule has 0 spiro atoms. The van der Waals surface area contributed by atoms with Gasteiger partial charge in [0.1, 0.15) is 4.21 Å². The maximum atomic E-state index is 13.8. The molecule has 2 rings (SSSR count). The Morgan fingerprint density at radius 2 is 2.14 bits per heavy atom. The van der Waals surface area contributed by atoms with Gasteiger partial charge in [-0.25, -0.2) is 12.8 Å². The van der Waals surface area contributed by atoms with Crippen LogP contribution in [0.3, 0.4) is 0 Å². The number of thiophene rings is 1. The second-order valence-electron chi connectivity index (χ2n) is 4.26. The van der Waals surface area contributed by atoms with Crippen molar-refractivity contribution < 1.29 is 12.8 Å². The molecule has 0 atom stereocenters. The van der Waals surface area contributed by atoms with Crippen molar-refractivity contribution in [1.29, 1.82) is 0 Å². The van der Waals surface area contributed by atoms with Crippen LogP contribution in [0.2, 0.25) is 5.02 Å². The van der Waals surface area contributed by atoms with Crippen LogP contribution in [0.15, 0.2) is 33.9 Å². The highest BCUT2D eigenvalue weighted by Crippen LogP contribution is 2.27. The highest BCUT2D eigenvalue weighted by molar-refractivity contribution is 7.94. The number of sulfonamides is 1. The summed E-state index contributed by atoms with van der Waals surface area (Å²) in [6.07, 6.45) is 0. The largest absolute Gasteiger partial charge is 0.313 e. The molecule has 0 radical (unpaired) electrons. The Labute approximate surface area is 132 Å². The van der Waals surface area contributed by atoms with Crippen LogP contribution in [-0.2, 0) is 16.6 Å². The quantitative estimate of drug-likeness (QED) is 0.840. The molecule has 1 aromatic heterocycles. The number of nitrogens with one attached hydrogen (secondary N) is 2. The normalized spacial score (nSPS) is 11.6. The fourth-order valence-electron chi connectivity index (χ4n) is 1.63. The van der Waals surface area contributed by atoms with Gasteiger partial charge < -0.3 is 5.32 Å². The second-order valence-corrected chi connectivity index (χ2v) is 7.49. The van der Waals surface area contributed by atoms with E-state index in [9.17, 15) is 12.8 Å². The molecule has 0 bridgehead atoms. The predicted molar refractivity (Wildman–Crippen MR) is 83.9 cm³/mol. The van der Waals surface area contributed by atoms with Crippen LogP contribution >= 0.6 is 22.9 Å². The molecule has 2 N–H and O–H groups in total. The molecule has 0 saturated heterocycles. The Balaban J connectivity index is 2.22. The van der Waals surface area contributed by atoms with Crippen molar-refractivity contribution in [2.75, 3.05) is 11.3 Å². The van der Waals surface area contributed by atoms with Crippen LogP contribution in [0, 0.1) is 5.82 Å².